The Hall–Kier alpha value is 0.0700. The third-order valence-electron chi connectivity index (χ3n) is 1.18. The topological polar surface area (TPSA) is 12.9 Å². The fourth-order valence-corrected chi connectivity index (χ4v) is 1.35. The zero-order chi connectivity index (χ0) is 9.30. The number of rotatable bonds is 1. The van der Waals surface area contributed by atoms with Crippen molar-refractivity contribution in [1.82, 2.24) is 4.98 Å². The van der Waals surface area contributed by atoms with Crippen molar-refractivity contribution >= 4 is 39.1 Å². The van der Waals surface area contributed by atoms with E-state index in [1.807, 2.05) is 0 Å². The van der Waals surface area contributed by atoms with Crippen molar-refractivity contribution in [2.75, 3.05) is 0 Å². The predicted octanol–water partition coefficient (Wildman–Crippen LogP) is 4.09. The average molecular weight is 277 g/mol. The van der Waals surface area contributed by atoms with Crippen LogP contribution in [0.15, 0.2) is 10.7 Å². The van der Waals surface area contributed by atoms with Gasteiger partial charge in [0.2, 0.25) is 0 Å². The molecular weight excluding hydrogens is 275 g/mol. The molecule has 0 spiro atoms. The summed E-state index contributed by atoms with van der Waals surface area (Å²) in [6, 6.07) is 0. The van der Waals surface area contributed by atoms with Crippen LogP contribution in [0.5, 0.6) is 0 Å². The predicted molar refractivity (Wildman–Crippen MR) is 46.9 cm³/mol. The Balaban J connectivity index is 3.27. The molecule has 0 aliphatic carbocycles. The van der Waals surface area contributed by atoms with Crippen LogP contribution in [-0.4, -0.2) is 4.98 Å². The zero-order valence-corrected chi connectivity index (χ0v) is 8.59. The molecule has 0 aromatic carbocycles. The maximum Gasteiger partial charge on any atom is 0.266 e. The highest BCUT2D eigenvalue weighted by molar-refractivity contribution is 9.10. The summed E-state index contributed by atoms with van der Waals surface area (Å²) in [5, 5.41) is -0.0191. The molecule has 0 bridgehead atoms. The summed E-state index contributed by atoms with van der Waals surface area (Å²) in [6.45, 7) is 0. The minimum Gasteiger partial charge on any atom is -0.243 e. The van der Waals surface area contributed by atoms with Gasteiger partial charge in [-0.1, -0.05) is 23.2 Å². The van der Waals surface area contributed by atoms with Crippen LogP contribution in [0.3, 0.4) is 0 Å². The van der Waals surface area contributed by atoms with Gasteiger partial charge in [-0.15, -0.1) is 0 Å². The van der Waals surface area contributed by atoms with Crippen molar-refractivity contribution in [2.24, 2.45) is 0 Å². The lowest BCUT2D eigenvalue weighted by Gasteiger charge is -2.04. The number of hydrogen-bond donors (Lipinski definition) is 0. The van der Waals surface area contributed by atoms with Crippen molar-refractivity contribution in [3.05, 3.63) is 26.4 Å². The van der Waals surface area contributed by atoms with Crippen molar-refractivity contribution in [3.63, 3.8) is 0 Å². The van der Waals surface area contributed by atoms with E-state index >= 15 is 0 Å². The molecule has 1 aromatic rings. The van der Waals surface area contributed by atoms with E-state index in [2.05, 4.69) is 20.9 Å². The molecule has 0 unspecified atom stereocenters. The van der Waals surface area contributed by atoms with Crippen molar-refractivity contribution in [2.45, 2.75) is 6.43 Å². The summed E-state index contributed by atoms with van der Waals surface area (Å²) >= 11 is 14.0. The third kappa shape index (κ3) is 1.87. The maximum absolute atomic E-state index is 12.2. The van der Waals surface area contributed by atoms with Crippen molar-refractivity contribution in [3.8, 4) is 0 Å². The van der Waals surface area contributed by atoms with Crippen LogP contribution in [0.2, 0.25) is 10.2 Å². The molecule has 0 aliphatic rings. The summed E-state index contributed by atoms with van der Waals surface area (Å²) in [5.41, 5.74) is -0.326. The lowest BCUT2D eigenvalue weighted by Crippen LogP contribution is -1.90. The quantitative estimate of drug-likeness (QED) is 0.704. The molecule has 12 heavy (non-hydrogen) atoms. The Morgan fingerprint density at radius 3 is 2.50 bits per heavy atom. The van der Waals surface area contributed by atoms with Crippen LogP contribution in [0.1, 0.15) is 12.0 Å². The fourth-order valence-electron chi connectivity index (χ4n) is 0.609. The summed E-state index contributed by atoms with van der Waals surface area (Å²) in [6.07, 6.45) is -1.68. The van der Waals surface area contributed by atoms with Gasteiger partial charge in [0.05, 0.1) is 15.1 Å². The Bertz CT molecular complexity index is 306. The average Bonchev–Trinajstić information content (AvgIpc) is 2.00. The van der Waals surface area contributed by atoms with Crippen molar-refractivity contribution in [1.29, 1.82) is 0 Å². The van der Waals surface area contributed by atoms with Gasteiger partial charge in [0.1, 0.15) is 5.15 Å². The van der Waals surface area contributed by atoms with Gasteiger partial charge < -0.3 is 0 Å². The molecule has 66 valence electrons. The highest BCUT2D eigenvalue weighted by Crippen LogP contribution is 2.35. The van der Waals surface area contributed by atoms with Gasteiger partial charge in [0.15, 0.2) is 0 Å². The molecule has 0 atom stereocenters. The van der Waals surface area contributed by atoms with E-state index in [1.54, 1.807) is 0 Å². The molecule has 1 rings (SSSR count). The molecule has 6 heteroatoms. The number of hydrogen-bond acceptors (Lipinski definition) is 1. The van der Waals surface area contributed by atoms with E-state index < -0.39 is 6.43 Å². The van der Waals surface area contributed by atoms with Gasteiger partial charge in [-0.3, -0.25) is 0 Å². The monoisotopic (exact) mass is 275 g/mol. The molecule has 0 aliphatic heterocycles. The second-order valence-corrected chi connectivity index (χ2v) is 3.46. The number of halogens is 5. The van der Waals surface area contributed by atoms with Gasteiger partial charge in [0, 0.05) is 6.20 Å². The number of pyridine rings is 1. The van der Waals surface area contributed by atoms with E-state index in [0.29, 0.717) is 0 Å². The highest BCUT2D eigenvalue weighted by Gasteiger charge is 2.16. The molecule has 0 saturated heterocycles. The van der Waals surface area contributed by atoms with Crippen LogP contribution in [-0.2, 0) is 0 Å². The van der Waals surface area contributed by atoms with Gasteiger partial charge in [-0.05, 0) is 15.9 Å². The lowest BCUT2D eigenvalue weighted by atomic mass is 10.3. The van der Waals surface area contributed by atoms with Gasteiger partial charge in [0.25, 0.3) is 6.43 Å². The number of aromatic nitrogens is 1. The van der Waals surface area contributed by atoms with Crippen LogP contribution in [0, 0.1) is 0 Å². The van der Waals surface area contributed by atoms with E-state index in [1.165, 1.54) is 0 Å². The van der Waals surface area contributed by atoms with Crippen LogP contribution in [0.4, 0.5) is 8.78 Å². The first-order chi connectivity index (χ1) is 5.54. The Morgan fingerprint density at radius 2 is 2.00 bits per heavy atom. The molecular formula is C6H2BrCl2F2N. The zero-order valence-electron chi connectivity index (χ0n) is 5.49. The second-order valence-electron chi connectivity index (χ2n) is 1.93. The molecule has 0 radical (unpaired) electrons. The lowest BCUT2D eigenvalue weighted by molar-refractivity contribution is 0.151. The smallest absolute Gasteiger partial charge is 0.243 e. The number of alkyl halides is 2. The van der Waals surface area contributed by atoms with Crippen LogP contribution >= 0.6 is 39.1 Å². The van der Waals surface area contributed by atoms with Gasteiger partial charge in [-0.2, -0.15) is 0 Å². The molecule has 1 aromatic heterocycles. The first kappa shape index (κ1) is 10.2. The highest BCUT2D eigenvalue weighted by atomic mass is 79.9. The SMILES string of the molecule is FC(F)c1cnc(Cl)c(Br)c1Cl. The summed E-state index contributed by atoms with van der Waals surface area (Å²) in [7, 11) is 0. The Morgan fingerprint density at radius 1 is 1.42 bits per heavy atom. The first-order valence-electron chi connectivity index (χ1n) is 2.81. The Labute approximate surface area is 85.8 Å². The molecule has 0 saturated carbocycles. The van der Waals surface area contributed by atoms with Crippen molar-refractivity contribution < 1.29 is 8.78 Å². The van der Waals surface area contributed by atoms with Crippen LogP contribution in [0.25, 0.3) is 0 Å². The molecule has 1 nitrogen and oxygen atoms in total. The van der Waals surface area contributed by atoms with Gasteiger partial charge in [-0.25, -0.2) is 13.8 Å². The van der Waals surface area contributed by atoms with Gasteiger partial charge >= 0.3 is 0 Å². The largest absolute Gasteiger partial charge is 0.266 e. The van der Waals surface area contributed by atoms with E-state index in [9.17, 15) is 8.78 Å². The summed E-state index contributed by atoms with van der Waals surface area (Å²) in [4.78, 5) is 3.51. The second kappa shape index (κ2) is 3.85. The molecule has 0 fully saturated rings. The van der Waals surface area contributed by atoms with E-state index in [4.69, 9.17) is 23.2 Å². The van der Waals surface area contributed by atoms with Crippen LogP contribution < -0.4 is 0 Å². The summed E-state index contributed by atoms with van der Waals surface area (Å²) < 4.78 is 24.5. The molecule has 1 heterocycles. The van der Waals surface area contributed by atoms with E-state index in [-0.39, 0.29) is 20.2 Å². The fraction of sp³-hybridized carbons (Fsp3) is 0.167. The Kier molecular flexibility index (Phi) is 3.26. The minimum absolute atomic E-state index is 0.0735. The molecule has 0 amide bonds. The normalized spacial score (nSPS) is 10.8. The third-order valence-corrected chi connectivity index (χ3v) is 3.10. The summed E-state index contributed by atoms with van der Waals surface area (Å²) in [5.74, 6) is 0. The minimum atomic E-state index is -2.64. The number of nitrogens with zero attached hydrogens (tertiary/aromatic N) is 1. The van der Waals surface area contributed by atoms with E-state index in [0.717, 1.165) is 6.20 Å². The molecule has 0 N–H and O–H groups in total. The first-order valence-corrected chi connectivity index (χ1v) is 4.36. The standard InChI is InChI=1S/C6H2BrCl2F2N/c7-3-4(8)2(6(10)11)1-12-5(3)9/h1,6H. The maximum atomic E-state index is 12.2.